The first-order chi connectivity index (χ1) is 21.1. The average molecular weight is 570 g/mol. The van der Waals surface area contributed by atoms with E-state index in [9.17, 15) is 4.79 Å². The molecule has 204 valence electrons. The van der Waals surface area contributed by atoms with Crippen LogP contribution in [-0.4, -0.2) is 0 Å². The van der Waals surface area contributed by atoms with Crippen LogP contribution in [0.25, 0.3) is 31.3 Å². The van der Waals surface area contributed by atoms with E-state index >= 15 is 0 Å². The minimum Gasteiger partial charge on any atom is -0.310 e. The van der Waals surface area contributed by atoms with E-state index in [1.807, 2.05) is 18.2 Å². The zero-order valence-electron chi connectivity index (χ0n) is 23.9. The molecule has 1 aliphatic carbocycles. The highest BCUT2D eigenvalue weighted by molar-refractivity contribution is 7.24. The Balaban J connectivity index is 1.45. The molecule has 3 heteroatoms. The molecule has 0 saturated carbocycles. The zero-order chi connectivity index (χ0) is 28.9. The quantitative estimate of drug-likeness (QED) is 0.183. The molecular formula is C40H27NOS. The lowest BCUT2D eigenvalue weighted by Crippen LogP contribution is -2.36. The molecule has 0 radical (unpaired) electrons. The van der Waals surface area contributed by atoms with Gasteiger partial charge in [0.25, 0.3) is 0 Å². The van der Waals surface area contributed by atoms with Gasteiger partial charge in [-0.05, 0) is 107 Å². The highest BCUT2D eigenvalue weighted by Crippen LogP contribution is 2.63. The lowest BCUT2D eigenvalue weighted by Gasteiger charge is -2.45. The van der Waals surface area contributed by atoms with Crippen molar-refractivity contribution in [2.75, 3.05) is 4.90 Å². The summed E-state index contributed by atoms with van der Waals surface area (Å²) in [6.45, 7) is 4.33. The molecular weight excluding hydrogens is 543 g/mol. The maximum absolute atomic E-state index is 14.0. The largest absolute Gasteiger partial charge is 0.310 e. The van der Waals surface area contributed by atoms with Crippen LogP contribution in [0.2, 0.25) is 0 Å². The van der Waals surface area contributed by atoms with Gasteiger partial charge in [0.2, 0.25) is 0 Å². The van der Waals surface area contributed by atoms with Gasteiger partial charge in [-0.1, -0.05) is 78.9 Å². The molecule has 0 unspecified atom stereocenters. The molecule has 0 atom stereocenters. The van der Waals surface area contributed by atoms with E-state index in [4.69, 9.17) is 0 Å². The molecule has 2 heterocycles. The first-order valence-corrected chi connectivity index (χ1v) is 15.5. The van der Waals surface area contributed by atoms with E-state index in [1.165, 1.54) is 44.5 Å². The zero-order valence-corrected chi connectivity index (χ0v) is 24.7. The molecule has 1 aliphatic heterocycles. The molecule has 0 fully saturated rings. The Bertz CT molecular complexity index is 2300. The van der Waals surface area contributed by atoms with Gasteiger partial charge in [-0.3, -0.25) is 4.79 Å². The summed E-state index contributed by atoms with van der Waals surface area (Å²) in [5.41, 5.74) is 12.9. The highest BCUT2D eigenvalue weighted by atomic mass is 32.1. The van der Waals surface area contributed by atoms with Crippen molar-refractivity contribution in [2.45, 2.75) is 19.3 Å². The third kappa shape index (κ3) is 3.20. The lowest BCUT2D eigenvalue weighted by molar-refractivity contribution is 0.753. The summed E-state index contributed by atoms with van der Waals surface area (Å²) >= 11 is 1.70. The number of nitrogens with zero attached hydrogens (tertiary/aromatic N) is 1. The second-order valence-electron chi connectivity index (χ2n) is 11.8. The van der Waals surface area contributed by atoms with Crippen LogP contribution in [0, 0.1) is 13.8 Å². The number of benzene rings is 6. The number of hydrogen-bond donors (Lipinski definition) is 0. The molecule has 0 bridgehead atoms. The predicted molar refractivity (Wildman–Crippen MR) is 181 cm³/mol. The number of rotatable bonds is 1. The Morgan fingerprint density at radius 1 is 0.535 bits per heavy atom. The van der Waals surface area contributed by atoms with Crippen molar-refractivity contribution >= 4 is 48.6 Å². The Labute approximate surface area is 254 Å². The molecule has 6 aromatic carbocycles. The Morgan fingerprint density at radius 2 is 1.14 bits per heavy atom. The van der Waals surface area contributed by atoms with Crippen molar-refractivity contribution in [2.24, 2.45) is 0 Å². The van der Waals surface area contributed by atoms with Crippen LogP contribution in [0.15, 0.2) is 132 Å². The minimum absolute atomic E-state index is 0.104. The van der Waals surface area contributed by atoms with E-state index < -0.39 is 5.41 Å². The molecule has 0 saturated heterocycles. The van der Waals surface area contributed by atoms with E-state index in [-0.39, 0.29) is 5.43 Å². The number of fused-ring (bicyclic) bond motifs is 11. The van der Waals surface area contributed by atoms with E-state index in [1.54, 1.807) is 11.3 Å². The fourth-order valence-corrected chi connectivity index (χ4v) is 8.85. The third-order valence-electron chi connectivity index (χ3n) is 9.30. The highest BCUT2D eigenvalue weighted by Gasteiger charge is 2.51. The van der Waals surface area contributed by atoms with Crippen molar-refractivity contribution in [3.63, 3.8) is 0 Å². The van der Waals surface area contributed by atoms with Gasteiger partial charge in [0.1, 0.15) is 0 Å². The van der Waals surface area contributed by atoms with Crippen LogP contribution >= 0.6 is 11.3 Å². The summed E-state index contributed by atoms with van der Waals surface area (Å²) in [7, 11) is 0. The van der Waals surface area contributed by atoms with Crippen molar-refractivity contribution in [3.05, 3.63) is 171 Å². The van der Waals surface area contributed by atoms with Gasteiger partial charge in [0.05, 0.1) is 16.8 Å². The number of anilines is 3. The third-order valence-corrected chi connectivity index (χ3v) is 10.4. The van der Waals surface area contributed by atoms with Crippen LogP contribution in [0.3, 0.4) is 0 Å². The van der Waals surface area contributed by atoms with Crippen LogP contribution in [-0.2, 0) is 5.41 Å². The number of para-hydroxylation sites is 2. The van der Waals surface area contributed by atoms with Crippen molar-refractivity contribution in [1.29, 1.82) is 0 Å². The Morgan fingerprint density at radius 3 is 1.86 bits per heavy atom. The molecule has 2 aliphatic rings. The topological polar surface area (TPSA) is 20.3 Å². The summed E-state index contributed by atoms with van der Waals surface area (Å²) in [5.74, 6) is 0. The summed E-state index contributed by atoms with van der Waals surface area (Å²) in [6, 6.07) is 45.8. The van der Waals surface area contributed by atoms with Crippen LogP contribution in [0.1, 0.15) is 33.4 Å². The SMILES string of the molecule is Cc1cc(C)cc(N2c3ccccc3C3(c4ccccc4-c4cc5sc6ccccc6c(=O)c5cc43)c3ccccc32)c1. The molecule has 1 spiro atoms. The molecule has 7 aromatic rings. The van der Waals surface area contributed by atoms with Gasteiger partial charge < -0.3 is 4.90 Å². The van der Waals surface area contributed by atoms with Gasteiger partial charge in [-0.2, -0.15) is 0 Å². The summed E-state index contributed by atoms with van der Waals surface area (Å²) in [5, 5.41) is 1.58. The standard InChI is InChI=1S/C40H27NOS/c1-24-19-25(2)21-26(20-24)41-35-16-8-6-14-32(35)40(33-15-7-9-17-36(33)41)31-13-5-3-11-27(31)29-23-38-30(22-34(29)40)39(42)28-12-4-10-18-37(28)43-38/h3-23H,1-2H3. The van der Waals surface area contributed by atoms with Crippen LogP contribution in [0.4, 0.5) is 17.1 Å². The first-order valence-electron chi connectivity index (χ1n) is 14.7. The van der Waals surface area contributed by atoms with Crippen molar-refractivity contribution in [1.82, 2.24) is 0 Å². The smallest absolute Gasteiger partial charge is 0.195 e. The number of aryl methyl sites for hydroxylation is 2. The monoisotopic (exact) mass is 569 g/mol. The second kappa shape index (κ2) is 8.76. The molecule has 0 N–H and O–H groups in total. The van der Waals surface area contributed by atoms with Crippen LogP contribution in [0.5, 0.6) is 0 Å². The number of hydrogen-bond acceptors (Lipinski definition) is 3. The fourth-order valence-electron chi connectivity index (χ4n) is 7.76. The van der Waals surface area contributed by atoms with E-state index in [2.05, 4.69) is 128 Å². The molecule has 1 aromatic heterocycles. The minimum atomic E-state index is -0.564. The summed E-state index contributed by atoms with van der Waals surface area (Å²) in [4.78, 5) is 16.4. The normalized spacial score (nSPS) is 14.0. The maximum Gasteiger partial charge on any atom is 0.195 e. The van der Waals surface area contributed by atoms with Crippen LogP contribution < -0.4 is 10.3 Å². The van der Waals surface area contributed by atoms with Gasteiger partial charge >= 0.3 is 0 Å². The summed E-state index contributed by atoms with van der Waals surface area (Å²) < 4.78 is 2.06. The molecule has 9 rings (SSSR count). The van der Waals surface area contributed by atoms with Gasteiger partial charge in [0, 0.05) is 25.9 Å². The first kappa shape index (κ1) is 24.6. The second-order valence-corrected chi connectivity index (χ2v) is 12.9. The lowest BCUT2D eigenvalue weighted by atomic mass is 9.64. The van der Waals surface area contributed by atoms with Gasteiger partial charge in [0.15, 0.2) is 5.43 Å². The average Bonchev–Trinajstić information content (AvgIpc) is 3.30. The van der Waals surface area contributed by atoms with Gasteiger partial charge in [-0.15, -0.1) is 11.3 Å². The van der Waals surface area contributed by atoms with E-state index in [0.29, 0.717) is 0 Å². The summed E-state index contributed by atoms with van der Waals surface area (Å²) in [6.07, 6.45) is 0. The Kier molecular flexibility index (Phi) is 5.01. The predicted octanol–water partition coefficient (Wildman–Crippen LogP) is 10.2. The van der Waals surface area contributed by atoms with E-state index in [0.717, 1.165) is 37.2 Å². The van der Waals surface area contributed by atoms with Crippen molar-refractivity contribution < 1.29 is 0 Å². The molecule has 43 heavy (non-hydrogen) atoms. The Hall–Kier alpha value is -4.99. The molecule has 2 nitrogen and oxygen atoms in total. The fraction of sp³-hybridized carbons (Fsp3) is 0.0750. The molecule has 0 amide bonds. The van der Waals surface area contributed by atoms with Crippen molar-refractivity contribution in [3.8, 4) is 11.1 Å². The van der Waals surface area contributed by atoms with Gasteiger partial charge in [-0.25, -0.2) is 0 Å². The maximum atomic E-state index is 14.0.